The number of nitrogens with zero attached hydrogens (tertiary/aromatic N) is 3. The van der Waals surface area contributed by atoms with Gasteiger partial charge in [0.15, 0.2) is 0 Å². The lowest BCUT2D eigenvalue weighted by atomic mass is 9.91. The quantitative estimate of drug-likeness (QED) is 0.809. The Hall–Kier alpha value is -1.53. The molecule has 3 aliphatic rings. The van der Waals surface area contributed by atoms with E-state index in [0.717, 1.165) is 56.6 Å². The molecule has 142 valence electrons. The second-order valence-corrected chi connectivity index (χ2v) is 8.59. The summed E-state index contributed by atoms with van der Waals surface area (Å²) < 4.78 is 5.32. The fraction of sp³-hybridized carbons (Fsp3) is 0.750. The van der Waals surface area contributed by atoms with Gasteiger partial charge in [0.2, 0.25) is 5.91 Å². The lowest BCUT2D eigenvalue weighted by Crippen LogP contribution is -2.53. The van der Waals surface area contributed by atoms with E-state index in [-0.39, 0.29) is 16.9 Å². The van der Waals surface area contributed by atoms with Crippen molar-refractivity contribution in [2.45, 2.75) is 70.0 Å². The Morgan fingerprint density at radius 1 is 1.35 bits per heavy atom. The first kappa shape index (κ1) is 17.9. The van der Waals surface area contributed by atoms with Crippen molar-refractivity contribution in [3.63, 3.8) is 0 Å². The number of likely N-dealkylation sites (tertiary alicyclic amines) is 1. The fourth-order valence-electron chi connectivity index (χ4n) is 5.10. The molecule has 0 aromatic carbocycles. The van der Waals surface area contributed by atoms with Crippen LogP contribution in [0.15, 0.2) is 12.4 Å². The number of ether oxygens (including phenoxy) is 1. The van der Waals surface area contributed by atoms with Crippen LogP contribution in [0.25, 0.3) is 0 Å². The summed E-state index contributed by atoms with van der Waals surface area (Å²) in [6.45, 7) is 4.58. The van der Waals surface area contributed by atoms with Crippen LogP contribution >= 0.6 is 0 Å². The topological polar surface area (TPSA) is 67.3 Å². The van der Waals surface area contributed by atoms with E-state index in [0.29, 0.717) is 19.1 Å². The van der Waals surface area contributed by atoms with Gasteiger partial charge in [0.1, 0.15) is 6.33 Å². The van der Waals surface area contributed by atoms with Gasteiger partial charge in [-0.25, -0.2) is 9.97 Å². The van der Waals surface area contributed by atoms with Crippen LogP contribution in [0.3, 0.4) is 0 Å². The Kier molecular flexibility index (Phi) is 4.73. The number of fused-ring (bicyclic) bond motifs is 1. The average Bonchev–Trinajstić information content (AvgIpc) is 3.08. The van der Waals surface area contributed by atoms with Crippen molar-refractivity contribution in [3.05, 3.63) is 23.8 Å². The molecule has 0 bridgehead atoms. The van der Waals surface area contributed by atoms with Gasteiger partial charge in [-0.15, -0.1) is 0 Å². The molecule has 1 amide bonds. The van der Waals surface area contributed by atoms with E-state index in [9.17, 15) is 4.79 Å². The molecular weight excluding hydrogens is 328 g/mol. The highest BCUT2D eigenvalue weighted by molar-refractivity contribution is 5.78. The van der Waals surface area contributed by atoms with Crippen LogP contribution in [0.2, 0.25) is 0 Å². The molecule has 26 heavy (non-hydrogen) atoms. The van der Waals surface area contributed by atoms with Crippen LogP contribution in [0.4, 0.5) is 0 Å². The van der Waals surface area contributed by atoms with Gasteiger partial charge in [-0.2, -0.15) is 0 Å². The van der Waals surface area contributed by atoms with Gasteiger partial charge in [0.05, 0.1) is 17.8 Å². The second-order valence-electron chi connectivity index (χ2n) is 8.59. The number of methoxy groups -OCH3 is 1. The highest BCUT2D eigenvalue weighted by atomic mass is 16.5. The maximum Gasteiger partial charge on any atom is 0.221 e. The van der Waals surface area contributed by atoms with Crippen molar-refractivity contribution in [3.8, 4) is 0 Å². The molecule has 0 radical (unpaired) electrons. The van der Waals surface area contributed by atoms with Crippen LogP contribution in [0, 0.1) is 12.3 Å². The maximum absolute atomic E-state index is 12.8. The first-order chi connectivity index (χ1) is 12.5. The molecule has 2 saturated carbocycles. The zero-order valence-electron chi connectivity index (χ0n) is 16.0. The molecule has 1 saturated heterocycles. The van der Waals surface area contributed by atoms with Crippen LogP contribution in [-0.4, -0.2) is 52.6 Å². The van der Waals surface area contributed by atoms with E-state index < -0.39 is 0 Å². The van der Waals surface area contributed by atoms with Crippen molar-refractivity contribution < 1.29 is 9.53 Å². The molecule has 2 heterocycles. The first-order valence-electron chi connectivity index (χ1n) is 9.86. The summed E-state index contributed by atoms with van der Waals surface area (Å²) in [6, 6.07) is 2.49. The smallest absolute Gasteiger partial charge is 0.221 e. The molecule has 1 aliphatic heterocycles. The predicted molar refractivity (Wildman–Crippen MR) is 98.5 cm³/mol. The van der Waals surface area contributed by atoms with E-state index in [1.165, 1.54) is 6.42 Å². The first-order valence-corrected chi connectivity index (χ1v) is 9.86. The lowest BCUT2D eigenvalue weighted by Gasteiger charge is -2.34. The molecule has 0 spiro atoms. The fourth-order valence-corrected chi connectivity index (χ4v) is 5.10. The Labute approximate surface area is 155 Å². The summed E-state index contributed by atoms with van der Waals surface area (Å²) in [5.41, 5.74) is 2.15. The molecule has 2 unspecified atom stereocenters. The molecular formula is C20H30N4O2. The summed E-state index contributed by atoms with van der Waals surface area (Å²) in [5.74, 6) is 0.214. The molecule has 2 aliphatic carbocycles. The SMILES string of the molecule is COCC1(CC(=O)NC23CCCC2N(Cc2cc(C)ncn2)CC3)CC1. The number of carbonyl (C=O) groups is 1. The molecule has 6 heteroatoms. The van der Waals surface area contributed by atoms with Gasteiger partial charge >= 0.3 is 0 Å². The summed E-state index contributed by atoms with van der Waals surface area (Å²) in [7, 11) is 1.73. The monoisotopic (exact) mass is 358 g/mol. The predicted octanol–water partition coefficient (Wildman–Crippen LogP) is 2.21. The van der Waals surface area contributed by atoms with Gasteiger partial charge in [-0.1, -0.05) is 0 Å². The van der Waals surface area contributed by atoms with Crippen molar-refractivity contribution in [2.24, 2.45) is 5.41 Å². The van der Waals surface area contributed by atoms with E-state index in [4.69, 9.17) is 4.74 Å². The molecule has 1 aromatic rings. The van der Waals surface area contributed by atoms with Gasteiger partial charge in [-0.3, -0.25) is 9.69 Å². The molecule has 4 rings (SSSR count). The molecule has 1 aromatic heterocycles. The maximum atomic E-state index is 12.8. The third-order valence-corrected chi connectivity index (χ3v) is 6.58. The van der Waals surface area contributed by atoms with Gasteiger partial charge < -0.3 is 10.1 Å². The van der Waals surface area contributed by atoms with E-state index in [1.807, 2.05) is 6.92 Å². The molecule has 1 N–H and O–H groups in total. The molecule has 3 fully saturated rings. The van der Waals surface area contributed by atoms with Crippen molar-refractivity contribution in [2.75, 3.05) is 20.3 Å². The van der Waals surface area contributed by atoms with Crippen molar-refractivity contribution in [1.29, 1.82) is 0 Å². The van der Waals surface area contributed by atoms with Crippen molar-refractivity contribution in [1.82, 2.24) is 20.2 Å². The van der Waals surface area contributed by atoms with Crippen LogP contribution < -0.4 is 5.32 Å². The molecule has 2 atom stereocenters. The Bertz CT molecular complexity index is 676. The van der Waals surface area contributed by atoms with Gasteiger partial charge in [0.25, 0.3) is 0 Å². The summed E-state index contributed by atoms with van der Waals surface area (Å²) >= 11 is 0. The number of carbonyl (C=O) groups excluding carboxylic acids is 1. The molecule has 6 nitrogen and oxygen atoms in total. The largest absolute Gasteiger partial charge is 0.384 e. The third-order valence-electron chi connectivity index (χ3n) is 6.58. The Morgan fingerprint density at radius 3 is 2.92 bits per heavy atom. The minimum Gasteiger partial charge on any atom is -0.384 e. The lowest BCUT2D eigenvalue weighted by molar-refractivity contribution is -0.125. The Balaban J connectivity index is 1.40. The number of amides is 1. The zero-order chi connectivity index (χ0) is 18.2. The normalized spacial score (nSPS) is 29.5. The van der Waals surface area contributed by atoms with Crippen molar-refractivity contribution >= 4 is 5.91 Å². The highest BCUT2D eigenvalue weighted by Crippen LogP contribution is 2.49. The van der Waals surface area contributed by atoms with E-state index >= 15 is 0 Å². The number of nitrogens with one attached hydrogen (secondary N) is 1. The number of rotatable bonds is 7. The van der Waals surface area contributed by atoms with Crippen LogP contribution in [-0.2, 0) is 16.1 Å². The second kappa shape index (κ2) is 6.89. The number of hydrogen-bond donors (Lipinski definition) is 1. The summed E-state index contributed by atoms with van der Waals surface area (Å²) in [4.78, 5) is 23.9. The Morgan fingerprint density at radius 2 is 2.19 bits per heavy atom. The van der Waals surface area contributed by atoms with Crippen LogP contribution in [0.5, 0.6) is 0 Å². The number of aryl methyl sites for hydroxylation is 1. The van der Waals surface area contributed by atoms with Gasteiger partial charge in [-0.05, 0) is 51.5 Å². The number of aromatic nitrogens is 2. The van der Waals surface area contributed by atoms with Gasteiger partial charge in [0, 0.05) is 43.8 Å². The third kappa shape index (κ3) is 3.49. The van der Waals surface area contributed by atoms with E-state index in [1.54, 1.807) is 13.4 Å². The summed E-state index contributed by atoms with van der Waals surface area (Å²) in [5, 5.41) is 3.47. The summed E-state index contributed by atoms with van der Waals surface area (Å²) in [6.07, 6.45) is 8.98. The highest BCUT2D eigenvalue weighted by Gasteiger charge is 2.52. The number of hydrogen-bond acceptors (Lipinski definition) is 5. The zero-order valence-corrected chi connectivity index (χ0v) is 16.0. The standard InChI is InChI=1S/C20H30N4O2/c1-15-10-16(22-14-21-15)12-24-9-8-20(5-3-4-17(20)24)23-18(25)11-19(6-7-19)13-26-2/h10,14,17H,3-9,11-13H2,1-2H3,(H,23,25). The average molecular weight is 358 g/mol. The van der Waals surface area contributed by atoms with Crippen LogP contribution in [0.1, 0.15) is 56.3 Å². The van der Waals surface area contributed by atoms with E-state index in [2.05, 4.69) is 26.3 Å². The minimum atomic E-state index is -0.0394. The minimum absolute atomic E-state index is 0.0394.